The molecule has 0 saturated carbocycles. The van der Waals surface area contributed by atoms with Crippen LogP contribution in [0.3, 0.4) is 0 Å². The minimum atomic E-state index is -1.00. The second-order valence-electron chi connectivity index (χ2n) is 5.57. The molecule has 0 radical (unpaired) electrons. The van der Waals surface area contributed by atoms with Gasteiger partial charge in [0.15, 0.2) is 0 Å². The molecular weight excluding hydrogens is 252 g/mol. The number of fused-ring (bicyclic) bond motifs is 2. The molecule has 0 aliphatic carbocycles. The number of ether oxygens (including phenoxy) is 1. The fourth-order valence-electron chi connectivity index (χ4n) is 3.51. The Morgan fingerprint density at radius 3 is 2.47 bits per heavy atom. The minimum Gasteiger partial charge on any atom is -0.388 e. The lowest BCUT2D eigenvalue weighted by molar-refractivity contribution is -0.0266. The second kappa shape index (κ2) is 4.51. The molecule has 2 saturated heterocycles. The average Bonchev–Trinajstić information content (AvgIpc) is 2.97. The van der Waals surface area contributed by atoms with Gasteiger partial charge in [-0.05, 0) is 37.0 Å². The predicted molar refractivity (Wildman–Crippen MR) is 65.3 cm³/mol. The highest BCUT2D eigenvalue weighted by Gasteiger charge is 2.55. The van der Waals surface area contributed by atoms with Crippen molar-refractivity contribution in [3.05, 3.63) is 35.4 Å². The van der Waals surface area contributed by atoms with Crippen LogP contribution in [0.1, 0.15) is 30.9 Å². The van der Waals surface area contributed by atoms with Crippen LogP contribution in [-0.4, -0.2) is 23.9 Å². The number of nitrogens with two attached hydrogens (primary N) is 1. The number of aliphatic hydroxyl groups excluding tert-OH is 1. The number of aliphatic hydroxyl groups is 1. The molecule has 3 N–H and O–H groups in total. The third-order valence-electron chi connectivity index (χ3n) is 4.48. The Bertz CT molecular complexity index is 476. The quantitative estimate of drug-likeness (QED) is 0.881. The van der Waals surface area contributed by atoms with E-state index in [1.54, 1.807) is 0 Å². The molecule has 2 fully saturated rings. The maximum absolute atomic E-state index is 13.3. The van der Waals surface area contributed by atoms with Gasteiger partial charge in [0, 0.05) is 18.0 Å². The fraction of sp³-hybridized carbons (Fsp3) is 0.571. The topological polar surface area (TPSA) is 55.5 Å². The molecule has 3 nitrogen and oxygen atoms in total. The van der Waals surface area contributed by atoms with E-state index in [2.05, 4.69) is 0 Å². The summed E-state index contributed by atoms with van der Waals surface area (Å²) >= 11 is 0. The Balaban J connectivity index is 1.95. The van der Waals surface area contributed by atoms with E-state index < -0.39 is 23.2 Å². The third-order valence-corrected chi connectivity index (χ3v) is 4.48. The Hall–Kier alpha value is -1.04. The first kappa shape index (κ1) is 13.0. The zero-order chi connectivity index (χ0) is 13.6. The smallest absolute Gasteiger partial charge is 0.126 e. The zero-order valence-corrected chi connectivity index (χ0v) is 10.5. The van der Waals surface area contributed by atoms with Crippen molar-refractivity contribution in [2.45, 2.75) is 37.6 Å². The van der Waals surface area contributed by atoms with Crippen molar-refractivity contribution >= 4 is 0 Å². The number of halogens is 2. The largest absolute Gasteiger partial charge is 0.388 e. The van der Waals surface area contributed by atoms with Crippen LogP contribution in [0.2, 0.25) is 0 Å². The van der Waals surface area contributed by atoms with Gasteiger partial charge in [0.2, 0.25) is 0 Å². The van der Waals surface area contributed by atoms with E-state index in [-0.39, 0.29) is 24.3 Å². The molecule has 4 atom stereocenters. The van der Waals surface area contributed by atoms with Gasteiger partial charge in [0.25, 0.3) is 0 Å². The number of hydrogen-bond donors (Lipinski definition) is 2. The van der Waals surface area contributed by atoms with Crippen molar-refractivity contribution in [3.8, 4) is 0 Å². The van der Waals surface area contributed by atoms with E-state index in [1.165, 1.54) is 0 Å². The van der Waals surface area contributed by atoms with Crippen molar-refractivity contribution in [1.29, 1.82) is 0 Å². The standard InChI is InChI=1S/C14H17F2NO2/c15-9-3-8(4-10(16)5-9)13(18)14(7-17)6-11-1-2-12(14)19-11/h3-5,11-13,18H,1-2,6-7,17H2. The van der Waals surface area contributed by atoms with Gasteiger partial charge in [-0.3, -0.25) is 0 Å². The number of benzene rings is 1. The van der Waals surface area contributed by atoms with Gasteiger partial charge < -0.3 is 15.6 Å². The van der Waals surface area contributed by atoms with Gasteiger partial charge in [0.05, 0.1) is 18.3 Å². The van der Waals surface area contributed by atoms with Crippen LogP contribution >= 0.6 is 0 Å². The highest BCUT2D eigenvalue weighted by molar-refractivity contribution is 5.24. The summed E-state index contributed by atoms with van der Waals surface area (Å²) in [6, 6.07) is 3.12. The molecule has 2 heterocycles. The van der Waals surface area contributed by atoms with E-state index in [1.807, 2.05) is 0 Å². The second-order valence-corrected chi connectivity index (χ2v) is 5.57. The maximum Gasteiger partial charge on any atom is 0.126 e. The molecule has 19 heavy (non-hydrogen) atoms. The summed E-state index contributed by atoms with van der Waals surface area (Å²) in [4.78, 5) is 0. The molecule has 2 aliphatic heterocycles. The lowest BCUT2D eigenvalue weighted by Gasteiger charge is -2.38. The lowest BCUT2D eigenvalue weighted by atomic mass is 9.68. The van der Waals surface area contributed by atoms with Crippen LogP contribution in [0.15, 0.2) is 18.2 Å². The number of rotatable bonds is 3. The molecule has 1 aromatic carbocycles. The van der Waals surface area contributed by atoms with Crippen LogP contribution in [0.5, 0.6) is 0 Å². The zero-order valence-electron chi connectivity index (χ0n) is 10.5. The van der Waals surface area contributed by atoms with E-state index in [0.29, 0.717) is 6.42 Å². The number of hydrogen-bond acceptors (Lipinski definition) is 3. The van der Waals surface area contributed by atoms with Gasteiger partial charge >= 0.3 is 0 Å². The summed E-state index contributed by atoms with van der Waals surface area (Å²) in [7, 11) is 0. The third kappa shape index (κ3) is 1.96. The maximum atomic E-state index is 13.3. The Labute approximate surface area is 110 Å². The van der Waals surface area contributed by atoms with Gasteiger partial charge in [-0.1, -0.05) is 0 Å². The summed E-state index contributed by atoms with van der Waals surface area (Å²) in [6.07, 6.45) is 1.45. The average molecular weight is 269 g/mol. The van der Waals surface area contributed by atoms with E-state index in [9.17, 15) is 13.9 Å². The molecular formula is C14H17F2NO2. The van der Waals surface area contributed by atoms with Crippen molar-refractivity contribution in [1.82, 2.24) is 0 Å². The Morgan fingerprint density at radius 1 is 1.32 bits per heavy atom. The van der Waals surface area contributed by atoms with Crippen LogP contribution in [0.4, 0.5) is 8.78 Å². The Morgan fingerprint density at radius 2 is 2.00 bits per heavy atom. The fourth-order valence-corrected chi connectivity index (χ4v) is 3.51. The molecule has 2 bridgehead atoms. The summed E-state index contributed by atoms with van der Waals surface area (Å²) < 4.78 is 32.3. The molecule has 5 heteroatoms. The summed E-state index contributed by atoms with van der Waals surface area (Å²) in [5.74, 6) is -1.38. The molecule has 0 amide bonds. The summed E-state index contributed by atoms with van der Waals surface area (Å²) in [5.41, 5.74) is 5.46. The van der Waals surface area contributed by atoms with Crippen LogP contribution < -0.4 is 5.73 Å². The van der Waals surface area contributed by atoms with Gasteiger partial charge in [-0.2, -0.15) is 0 Å². The van der Waals surface area contributed by atoms with Crippen LogP contribution in [0, 0.1) is 17.0 Å². The van der Waals surface area contributed by atoms with Crippen molar-refractivity contribution in [2.75, 3.05) is 6.54 Å². The highest BCUT2D eigenvalue weighted by Crippen LogP contribution is 2.53. The molecule has 104 valence electrons. The lowest BCUT2D eigenvalue weighted by Crippen LogP contribution is -2.44. The van der Waals surface area contributed by atoms with Crippen molar-refractivity contribution in [2.24, 2.45) is 11.1 Å². The molecule has 1 aromatic rings. The summed E-state index contributed by atoms with van der Waals surface area (Å²) in [5, 5.41) is 10.5. The van der Waals surface area contributed by atoms with Crippen molar-refractivity contribution < 1.29 is 18.6 Å². The minimum absolute atomic E-state index is 0.113. The highest BCUT2D eigenvalue weighted by atomic mass is 19.1. The molecule has 0 spiro atoms. The normalized spacial score (nSPS) is 34.7. The Kier molecular flexibility index (Phi) is 3.08. The SMILES string of the molecule is NCC1(C(O)c2cc(F)cc(F)c2)CC2CCC1O2. The van der Waals surface area contributed by atoms with Crippen LogP contribution in [0.25, 0.3) is 0 Å². The predicted octanol–water partition coefficient (Wildman–Crippen LogP) is 1.89. The molecule has 3 rings (SSSR count). The molecule has 0 aromatic heterocycles. The first-order chi connectivity index (χ1) is 9.05. The van der Waals surface area contributed by atoms with E-state index in [4.69, 9.17) is 10.5 Å². The first-order valence-corrected chi connectivity index (χ1v) is 6.55. The van der Waals surface area contributed by atoms with E-state index >= 15 is 0 Å². The molecule has 2 aliphatic rings. The van der Waals surface area contributed by atoms with Crippen LogP contribution in [-0.2, 0) is 4.74 Å². The first-order valence-electron chi connectivity index (χ1n) is 6.55. The summed E-state index contributed by atoms with van der Waals surface area (Å²) in [6.45, 7) is 0.244. The van der Waals surface area contributed by atoms with Crippen molar-refractivity contribution in [3.63, 3.8) is 0 Å². The van der Waals surface area contributed by atoms with E-state index in [0.717, 1.165) is 31.0 Å². The monoisotopic (exact) mass is 269 g/mol. The van der Waals surface area contributed by atoms with Gasteiger partial charge in [-0.25, -0.2) is 8.78 Å². The van der Waals surface area contributed by atoms with Gasteiger partial charge in [-0.15, -0.1) is 0 Å². The molecule has 4 unspecified atom stereocenters. The van der Waals surface area contributed by atoms with Gasteiger partial charge in [0.1, 0.15) is 11.6 Å².